The maximum Gasteiger partial charge on any atom is 0.289 e. The molecule has 4 rings (SSSR count). The van der Waals surface area contributed by atoms with E-state index in [1.807, 2.05) is 11.0 Å². The van der Waals surface area contributed by atoms with Crippen LogP contribution < -0.4 is 4.90 Å². The van der Waals surface area contributed by atoms with Crippen molar-refractivity contribution in [2.24, 2.45) is 0 Å². The minimum atomic E-state index is -0.0865. The molecule has 28 heavy (non-hydrogen) atoms. The largest absolute Gasteiger partial charge is 0.459 e. The Bertz CT molecular complexity index is 822. The van der Waals surface area contributed by atoms with Gasteiger partial charge in [-0.1, -0.05) is 0 Å². The van der Waals surface area contributed by atoms with E-state index in [0.717, 1.165) is 32.0 Å². The van der Waals surface area contributed by atoms with E-state index >= 15 is 0 Å². The molecular weight excluding hydrogens is 358 g/mol. The molecule has 2 amide bonds. The number of pyridine rings is 1. The van der Waals surface area contributed by atoms with Crippen LogP contribution in [0.1, 0.15) is 20.9 Å². The number of hydrogen-bond acceptors (Lipinski definition) is 6. The molecule has 2 saturated heterocycles. The Morgan fingerprint density at radius 3 is 2.29 bits per heavy atom. The summed E-state index contributed by atoms with van der Waals surface area (Å²) < 4.78 is 5.20. The number of hydrogen-bond donors (Lipinski definition) is 0. The number of carbonyl (C=O) groups is 2. The normalized spacial score (nSPS) is 18.4. The first-order valence-electron chi connectivity index (χ1n) is 9.63. The second-order valence-electron chi connectivity index (χ2n) is 7.25. The third-order valence-corrected chi connectivity index (χ3v) is 5.41. The molecule has 0 radical (unpaired) electrons. The minimum absolute atomic E-state index is 0.0587. The Labute approximate surface area is 164 Å². The summed E-state index contributed by atoms with van der Waals surface area (Å²) in [6, 6.07) is 7.05. The lowest BCUT2D eigenvalue weighted by molar-refractivity contribution is 0.0663. The van der Waals surface area contributed by atoms with Crippen LogP contribution in [0.4, 0.5) is 5.82 Å². The van der Waals surface area contributed by atoms with Crippen LogP contribution in [0, 0.1) is 0 Å². The summed E-state index contributed by atoms with van der Waals surface area (Å²) in [5.41, 5.74) is 0.670. The van der Waals surface area contributed by atoms with Crippen molar-refractivity contribution in [2.45, 2.75) is 0 Å². The molecule has 0 saturated carbocycles. The molecule has 148 valence electrons. The molecule has 0 aliphatic carbocycles. The summed E-state index contributed by atoms with van der Waals surface area (Å²) in [7, 11) is 2.07. The molecule has 4 heterocycles. The molecule has 0 atom stereocenters. The lowest BCUT2D eigenvalue weighted by Crippen LogP contribution is -2.49. The molecule has 2 aliphatic rings. The molecule has 8 nitrogen and oxygen atoms in total. The highest BCUT2D eigenvalue weighted by Crippen LogP contribution is 2.18. The number of aromatic nitrogens is 1. The van der Waals surface area contributed by atoms with Gasteiger partial charge >= 0.3 is 0 Å². The van der Waals surface area contributed by atoms with E-state index in [9.17, 15) is 9.59 Å². The van der Waals surface area contributed by atoms with E-state index < -0.39 is 0 Å². The van der Waals surface area contributed by atoms with Crippen molar-refractivity contribution in [3.05, 3.63) is 48.0 Å². The van der Waals surface area contributed by atoms with E-state index in [1.54, 1.807) is 29.3 Å². The van der Waals surface area contributed by atoms with Crippen molar-refractivity contribution in [1.82, 2.24) is 19.7 Å². The zero-order chi connectivity index (χ0) is 19.5. The van der Waals surface area contributed by atoms with E-state index in [4.69, 9.17) is 4.42 Å². The van der Waals surface area contributed by atoms with Crippen LogP contribution in [0.15, 0.2) is 41.1 Å². The van der Waals surface area contributed by atoms with E-state index in [-0.39, 0.29) is 11.8 Å². The fraction of sp³-hybridized carbons (Fsp3) is 0.450. The molecule has 2 aromatic heterocycles. The molecular formula is C20H25N5O3. The number of anilines is 1. The average Bonchev–Trinajstić information content (AvgIpc) is 3.28. The summed E-state index contributed by atoms with van der Waals surface area (Å²) in [5, 5.41) is 0. The van der Waals surface area contributed by atoms with Gasteiger partial charge < -0.3 is 24.0 Å². The van der Waals surface area contributed by atoms with Crippen LogP contribution in [-0.4, -0.2) is 90.9 Å². The van der Waals surface area contributed by atoms with Gasteiger partial charge in [-0.15, -0.1) is 0 Å². The summed E-state index contributed by atoms with van der Waals surface area (Å²) in [5.74, 6) is 1.12. The maximum atomic E-state index is 12.8. The first kappa shape index (κ1) is 18.5. The van der Waals surface area contributed by atoms with Crippen molar-refractivity contribution >= 4 is 17.6 Å². The van der Waals surface area contributed by atoms with Gasteiger partial charge in [0.15, 0.2) is 5.76 Å². The van der Waals surface area contributed by atoms with Gasteiger partial charge in [0.25, 0.3) is 11.8 Å². The molecule has 0 N–H and O–H groups in total. The topological polar surface area (TPSA) is 73.1 Å². The summed E-state index contributed by atoms with van der Waals surface area (Å²) in [6.07, 6.45) is 3.20. The van der Waals surface area contributed by atoms with E-state index in [1.165, 1.54) is 6.26 Å². The van der Waals surface area contributed by atoms with Gasteiger partial charge in [0.05, 0.1) is 6.26 Å². The zero-order valence-electron chi connectivity index (χ0n) is 16.1. The third kappa shape index (κ3) is 3.87. The van der Waals surface area contributed by atoms with E-state index in [2.05, 4.69) is 21.8 Å². The number of piperazine rings is 2. The molecule has 0 aromatic carbocycles. The van der Waals surface area contributed by atoms with Crippen molar-refractivity contribution in [3.63, 3.8) is 0 Å². The average molecular weight is 383 g/mol. The molecule has 2 aromatic rings. The van der Waals surface area contributed by atoms with Gasteiger partial charge in [-0.3, -0.25) is 9.59 Å². The van der Waals surface area contributed by atoms with Gasteiger partial charge in [0.1, 0.15) is 5.82 Å². The summed E-state index contributed by atoms with van der Waals surface area (Å²) in [6.45, 7) is 5.83. The lowest BCUT2D eigenvalue weighted by Gasteiger charge is -2.35. The van der Waals surface area contributed by atoms with E-state index in [0.29, 0.717) is 37.5 Å². The predicted octanol–water partition coefficient (Wildman–Crippen LogP) is 1.02. The predicted molar refractivity (Wildman–Crippen MR) is 104 cm³/mol. The van der Waals surface area contributed by atoms with Crippen LogP contribution >= 0.6 is 0 Å². The zero-order valence-corrected chi connectivity index (χ0v) is 16.1. The second-order valence-corrected chi connectivity index (χ2v) is 7.25. The monoisotopic (exact) mass is 383 g/mol. The van der Waals surface area contributed by atoms with Crippen molar-refractivity contribution in [1.29, 1.82) is 0 Å². The van der Waals surface area contributed by atoms with Crippen molar-refractivity contribution < 1.29 is 14.0 Å². The Kier molecular flexibility index (Phi) is 5.29. The Morgan fingerprint density at radius 2 is 1.61 bits per heavy atom. The van der Waals surface area contributed by atoms with Crippen LogP contribution in [-0.2, 0) is 0 Å². The number of amides is 2. The van der Waals surface area contributed by atoms with Gasteiger partial charge in [-0.05, 0) is 31.3 Å². The number of furan rings is 1. The second kappa shape index (κ2) is 8.02. The fourth-order valence-corrected chi connectivity index (χ4v) is 3.61. The van der Waals surface area contributed by atoms with Crippen molar-refractivity contribution in [2.75, 3.05) is 64.3 Å². The maximum absolute atomic E-state index is 12.8. The SMILES string of the molecule is CN1CCN(C(=O)c2ccnc(N3CCN(C(=O)c4ccco4)CC3)c2)CC1. The molecule has 8 heteroatoms. The first-order valence-corrected chi connectivity index (χ1v) is 9.63. The third-order valence-electron chi connectivity index (χ3n) is 5.41. The van der Waals surface area contributed by atoms with Gasteiger partial charge in [-0.25, -0.2) is 4.98 Å². The van der Waals surface area contributed by atoms with Gasteiger partial charge in [-0.2, -0.15) is 0 Å². The number of rotatable bonds is 3. The first-order chi connectivity index (χ1) is 13.6. The van der Waals surface area contributed by atoms with Gasteiger partial charge in [0, 0.05) is 64.1 Å². The van der Waals surface area contributed by atoms with Gasteiger partial charge in [0.2, 0.25) is 0 Å². The highest BCUT2D eigenvalue weighted by Gasteiger charge is 2.25. The molecule has 2 aliphatic heterocycles. The Hall–Kier alpha value is -2.87. The highest BCUT2D eigenvalue weighted by atomic mass is 16.3. The summed E-state index contributed by atoms with van der Waals surface area (Å²) in [4.78, 5) is 37.7. The number of carbonyl (C=O) groups excluding carboxylic acids is 2. The smallest absolute Gasteiger partial charge is 0.289 e. The molecule has 0 bridgehead atoms. The minimum Gasteiger partial charge on any atom is -0.459 e. The van der Waals surface area contributed by atoms with Crippen LogP contribution in [0.5, 0.6) is 0 Å². The van der Waals surface area contributed by atoms with Crippen LogP contribution in [0.3, 0.4) is 0 Å². The number of likely N-dealkylation sites (N-methyl/N-ethyl adjacent to an activating group) is 1. The molecule has 2 fully saturated rings. The Morgan fingerprint density at radius 1 is 0.929 bits per heavy atom. The van der Waals surface area contributed by atoms with Crippen molar-refractivity contribution in [3.8, 4) is 0 Å². The molecule has 0 spiro atoms. The summed E-state index contributed by atoms with van der Waals surface area (Å²) >= 11 is 0. The van der Waals surface area contributed by atoms with Crippen LogP contribution in [0.25, 0.3) is 0 Å². The number of nitrogens with zero attached hydrogens (tertiary/aromatic N) is 5. The lowest BCUT2D eigenvalue weighted by atomic mass is 10.2. The fourth-order valence-electron chi connectivity index (χ4n) is 3.61. The van der Waals surface area contributed by atoms with Crippen LogP contribution in [0.2, 0.25) is 0 Å². The molecule has 0 unspecified atom stereocenters. The Balaban J connectivity index is 1.38. The quantitative estimate of drug-likeness (QED) is 0.788. The highest BCUT2D eigenvalue weighted by molar-refractivity contribution is 5.95. The standard InChI is InChI=1S/C20H25N5O3/c1-22-6-8-24(9-7-22)19(26)16-4-5-21-18(15-16)23-10-12-25(13-11-23)20(27)17-3-2-14-28-17/h2-5,14-15H,6-13H2,1H3.